The zero-order valence-corrected chi connectivity index (χ0v) is 13.6. The molecule has 2 heterocycles. The van der Waals surface area contributed by atoms with E-state index >= 15 is 0 Å². The number of likely N-dealkylation sites (tertiary alicyclic amines) is 1. The fraction of sp³-hybridized carbons (Fsp3) is 0.765. The molecule has 0 radical (unpaired) electrons. The molecule has 1 aromatic heterocycles. The highest BCUT2D eigenvalue weighted by Gasteiger charge is 2.30. The monoisotopic (exact) mass is 304 g/mol. The van der Waals surface area contributed by atoms with Gasteiger partial charge in [0.05, 0.1) is 6.33 Å². The third-order valence-corrected chi connectivity index (χ3v) is 5.08. The van der Waals surface area contributed by atoms with Gasteiger partial charge < -0.3 is 14.8 Å². The maximum atomic E-state index is 12.4. The highest BCUT2D eigenvalue weighted by atomic mass is 16.2. The molecule has 3 rings (SSSR count). The van der Waals surface area contributed by atoms with Crippen molar-refractivity contribution in [3.05, 3.63) is 18.7 Å². The van der Waals surface area contributed by atoms with Crippen LogP contribution >= 0.6 is 0 Å². The Labute approximate surface area is 133 Å². The quantitative estimate of drug-likeness (QED) is 0.905. The van der Waals surface area contributed by atoms with Crippen LogP contribution in [0.15, 0.2) is 18.7 Å². The van der Waals surface area contributed by atoms with Crippen molar-refractivity contribution >= 4 is 5.91 Å². The molecular weight excluding hydrogens is 276 g/mol. The van der Waals surface area contributed by atoms with Crippen LogP contribution in [0, 0.1) is 5.92 Å². The van der Waals surface area contributed by atoms with Gasteiger partial charge in [0.1, 0.15) is 0 Å². The number of rotatable bonds is 5. The lowest BCUT2D eigenvalue weighted by atomic mass is 10.0. The predicted molar refractivity (Wildman–Crippen MR) is 86.4 cm³/mol. The van der Waals surface area contributed by atoms with E-state index in [2.05, 4.69) is 26.7 Å². The molecule has 0 aromatic carbocycles. The Kier molecular flexibility index (Phi) is 5.13. The van der Waals surface area contributed by atoms with E-state index in [1.807, 2.05) is 18.7 Å². The molecule has 5 heteroatoms. The second-order valence-electron chi connectivity index (χ2n) is 6.91. The summed E-state index contributed by atoms with van der Waals surface area (Å²) in [6, 6.07) is 0.961. The molecule has 5 nitrogen and oxygen atoms in total. The normalized spacial score (nSPS) is 22.1. The molecule has 1 atom stereocenters. The van der Waals surface area contributed by atoms with Crippen LogP contribution in [0.25, 0.3) is 0 Å². The van der Waals surface area contributed by atoms with Gasteiger partial charge >= 0.3 is 0 Å². The first-order valence-electron chi connectivity index (χ1n) is 8.73. The molecular formula is C17H28N4O. The topological polar surface area (TPSA) is 50.2 Å². The maximum absolute atomic E-state index is 12.4. The average Bonchev–Trinajstić information content (AvgIpc) is 3.20. The second-order valence-corrected chi connectivity index (χ2v) is 6.91. The van der Waals surface area contributed by atoms with Gasteiger partial charge in [-0.2, -0.15) is 0 Å². The number of imidazole rings is 1. The van der Waals surface area contributed by atoms with Crippen LogP contribution in [-0.2, 0) is 11.3 Å². The highest BCUT2D eigenvalue weighted by molar-refractivity contribution is 5.79. The number of aromatic nitrogens is 2. The summed E-state index contributed by atoms with van der Waals surface area (Å²) in [5.41, 5.74) is 0. The minimum atomic E-state index is 0.324. The van der Waals surface area contributed by atoms with Crippen molar-refractivity contribution in [3.8, 4) is 0 Å². The summed E-state index contributed by atoms with van der Waals surface area (Å²) in [5.74, 6) is 0.743. The van der Waals surface area contributed by atoms with Crippen LogP contribution in [0.3, 0.4) is 0 Å². The van der Waals surface area contributed by atoms with Crippen molar-refractivity contribution in [2.75, 3.05) is 13.1 Å². The Hall–Kier alpha value is -1.36. The molecule has 1 aliphatic heterocycles. The largest absolute Gasteiger partial charge is 0.342 e. The van der Waals surface area contributed by atoms with Crippen molar-refractivity contribution in [2.24, 2.45) is 5.92 Å². The highest BCUT2D eigenvalue weighted by Crippen LogP contribution is 2.27. The smallest absolute Gasteiger partial charge is 0.225 e. The zero-order valence-electron chi connectivity index (χ0n) is 13.6. The summed E-state index contributed by atoms with van der Waals surface area (Å²) in [7, 11) is 0. The molecule has 22 heavy (non-hydrogen) atoms. The van der Waals surface area contributed by atoms with Gasteiger partial charge in [0, 0.05) is 50.0 Å². The number of nitrogens with zero attached hydrogens (tertiary/aromatic N) is 3. The standard InChI is InChI=1S/C17H28N4O/c1-14(12-20-11-8-18-13-20)19-16-6-9-21(10-7-16)17(22)15-4-2-3-5-15/h8,11,13-16,19H,2-7,9-10,12H2,1H3/t14-/m1/s1. The molecule has 1 aromatic rings. The van der Waals surface area contributed by atoms with Crippen LogP contribution in [0.2, 0.25) is 0 Å². The number of nitrogens with one attached hydrogen (secondary N) is 1. The first kappa shape index (κ1) is 15.5. The van der Waals surface area contributed by atoms with E-state index in [9.17, 15) is 4.79 Å². The molecule has 1 saturated carbocycles. The van der Waals surface area contributed by atoms with E-state index < -0.39 is 0 Å². The molecule has 0 bridgehead atoms. The van der Waals surface area contributed by atoms with Crippen LogP contribution in [0.4, 0.5) is 0 Å². The van der Waals surface area contributed by atoms with Crippen LogP contribution in [0.5, 0.6) is 0 Å². The van der Waals surface area contributed by atoms with E-state index in [1.54, 1.807) is 0 Å². The van der Waals surface area contributed by atoms with Crippen molar-refractivity contribution in [1.29, 1.82) is 0 Å². The summed E-state index contributed by atoms with van der Waals surface area (Å²) in [5, 5.41) is 3.70. The SMILES string of the molecule is C[C@H](Cn1ccnc1)NC1CCN(C(=O)C2CCCC2)CC1. The maximum Gasteiger partial charge on any atom is 0.225 e. The molecule has 0 spiro atoms. The van der Waals surface area contributed by atoms with E-state index in [1.165, 1.54) is 12.8 Å². The molecule has 1 aliphatic carbocycles. The average molecular weight is 304 g/mol. The molecule has 2 fully saturated rings. The van der Waals surface area contributed by atoms with Crippen LogP contribution in [0.1, 0.15) is 45.4 Å². The number of hydrogen-bond acceptors (Lipinski definition) is 3. The fourth-order valence-corrected chi connectivity index (χ4v) is 3.86. The molecule has 1 N–H and O–H groups in total. The zero-order chi connectivity index (χ0) is 15.4. The van der Waals surface area contributed by atoms with Crippen LogP contribution < -0.4 is 5.32 Å². The molecule has 122 valence electrons. The van der Waals surface area contributed by atoms with Gasteiger partial charge in [-0.3, -0.25) is 4.79 Å². The lowest BCUT2D eigenvalue weighted by molar-refractivity contribution is -0.136. The molecule has 1 amide bonds. The van der Waals surface area contributed by atoms with Crippen molar-refractivity contribution in [1.82, 2.24) is 19.8 Å². The van der Waals surface area contributed by atoms with E-state index in [4.69, 9.17) is 0 Å². The summed E-state index contributed by atoms with van der Waals surface area (Å²) in [6.07, 6.45) is 12.5. The van der Waals surface area contributed by atoms with E-state index in [0.717, 1.165) is 45.3 Å². The van der Waals surface area contributed by atoms with Gasteiger partial charge in [-0.05, 0) is 32.6 Å². The summed E-state index contributed by atoms with van der Waals surface area (Å²) >= 11 is 0. The van der Waals surface area contributed by atoms with Gasteiger partial charge in [0.25, 0.3) is 0 Å². The van der Waals surface area contributed by atoms with E-state index in [0.29, 0.717) is 23.9 Å². The van der Waals surface area contributed by atoms with Gasteiger partial charge in [0.15, 0.2) is 0 Å². The number of amides is 1. The van der Waals surface area contributed by atoms with Gasteiger partial charge in [0.2, 0.25) is 5.91 Å². The number of piperidine rings is 1. The Bertz CT molecular complexity index is 459. The lowest BCUT2D eigenvalue weighted by Gasteiger charge is -2.35. The third kappa shape index (κ3) is 3.88. The Balaban J connectivity index is 1.40. The van der Waals surface area contributed by atoms with Gasteiger partial charge in [-0.1, -0.05) is 12.8 Å². The van der Waals surface area contributed by atoms with Gasteiger partial charge in [-0.15, -0.1) is 0 Å². The summed E-state index contributed by atoms with van der Waals surface area (Å²) < 4.78 is 2.11. The molecule has 0 unspecified atom stereocenters. The van der Waals surface area contributed by atoms with Gasteiger partial charge in [-0.25, -0.2) is 4.98 Å². The summed E-state index contributed by atoms with van der Waals surface area (Å²) in [6.45, 7) is 5.01. The van der Waals surface area contributed by atoms with E-state index in [-0.39, 0.29) is 0 Å². The minimum Gasteiger partial charge on any atom is -0.342 e. The van der Waals surface area contributed by atoms with Crippen molar-refractivity contribution < 1.29 is 4.79 Å². The first-order valence-corrected chi connectivity index (χ1v) is 8.73. The lowest BCUT2D eigenvalue weighted by Crippen LogP contribution is -2.49. The summed E-state index contributed by atoms with van der Waals surface area (Å²) in [4.78, 5) is 18.6. The Morgan fingerprint density at radius 2 is 2.00 bits per heavy atom. The minimum absolute atomic E-state index is 0.324. The third-order valence-electron chi connectivity index (χ3n) is 5.08. The molecule has 2 aliphatic rings. The fourth-order valence-electron chi connectivity index (χ4n) is 3.86. The second kappa shape index (κ2) is 7.27. The first-order chi connectivity index (χ1) is 10.7. The number of carbonyl (C=O) groups excluding carboxylic acids is 1. The number of hydrogen-bond donors (Lipinski definition) is 1. The Morgan fingerprint density at radius 3 is 2.64 bits per heavy atom. The molecule has 1 saturated heterocycles. The Morgan fingerprint density at radius 1 is 1.27 bits per heavy atom. The van der Waals surface area contributed by atoms with Crippen molar-refractivity contribution in [2.45, 2.75) is 64.1 Å². The predicted octanol–water partition coefficient (Wildman–Crippen LogP) is 2.04. The number of carbonyl (C=O) groups is 1. The van der Waals surface area contributed by atoms with Crippen molar-refractivity contribution in [3.63, 3.8) is 0 Å². The van der Waals surface area contributed by atoms with Crippen LogP contribution in [-0.4, -0.2) is 45.5 Å².